The highest BCUT2D eigenvalue weighted by Gasteiger charge is 2.44. The third-order valence-corrected chi connectivity index (χ3v) is 5.70. The van der Waals surface area contributed by atoms with Crippen LogP contribution in [-0.2, 0) is 4.79 Å². The van der Waals surface area contributed by atoms with Gasteiger partial charge in [-0.05, 0) is 38.5 Å². The predicted molar refractivity (Wildman–Crippen MR) is 93.7 cm³/mol. The lowest BCUT2D eigenvalue weighted by molar-refractivity contribution is -0.109. The molecule has 1 atom stereocenters. The van der Waals surface area contributed by atoms with Crippen LogP contribution in [0, 0.1) is 0 Å². The Morgan fingerprint density at radius 2 is 1.90 bits per heavy atom. The fourth-order valence-corrected chi connectivity index (χ4v) is 4.88. The summed E-state index contributed by atoms with van der Waals surface area (Å²) in [5.74, 6) is -0.0590. The second kappa shape index (κ2) is 6.90. The van der Waals surface area contributed by atoms with Gasteiger partial charge in [0.25, 0.3) is 0 Å². The molecule has 3 nitrogen and oxygen atoms in total. The number of carbonyl (C=O) groups excluding carboxylic acids is 1. The average molecular weight is 322 g/mol. The van der Waals surface area contributed by atoms with Crippen LogP contribution in [-0.4, -0.2) is 39.9 Å². The molecule has 2 N–H and O–H groups in total. The molecule has 1 aliphatic heterocycles. The minimum atomic E-state index is -0.217. The molecule has 0 unspecified atom stereocenters. The molecule has 1 fully saturated rings. The van der Waals surface area contributed by atoms with E-state index in [4.69, 9.17) is 18.0 Å². The summed E-state index contributed by atoms with van der Waals surface area (Å²) < 4.78 is -0.217. The fourth-order valence-electron chi connectivity index (χ4n) is 3.11. The summed E-state index contributed by atoms with van der Waals surface area (Å²) in [5, 5.41) is 0.136. The molecule has 0 saturated carbocycles. The molecule has 2 rings (SSSR count). The number of thiocarbonyl (C=S) groups is 1. The first-order valence-electron chi connectivity index (χ1n) is 7.17. The van der Waals surface area contributed by atoms with E-state index >= 15 is 0 Å². The molecule has 0 bridgehead atoms. The van der Waals surface area contributed by atoms with Crippen LogP contribution in [0.5, 0.6) is 0 Å². The Labute approximate surface area is 136 Å². The first kappa shape index (κ1) is 16.5. The summed E-state index contributed by atoms with van der Waals surface area (Å²) in [7, 11) is 2.11. The summed E-state index contributed by atoms with van der Waals surface area (Å²) in [6, 6.07) is 10.1. The highest BCUT2D eigenvalue weighted by molar-refractivity contribution is 8.14. The van der Waals surface area contributed by atoms with E-state index in [1.807, 2.05) is 18.2 Å². The molecular formula is C16H22N2OS2. The molecule has 1 aromatic carbocycles. The molecule has 114 valence electrons. The number of likely N-dealkylation sites (tertiary alicyclic amines) is 1. The van der Waals surface area contributed by atoms with Crippen LogP contribution in [0.3, 0.4) is 0 Å². The van der Waals surface area contributed by atoms with E-state index in [0.29, 0.717) is 4.99 Å². The minimum absolute atomic E-state index is 0.0590. The second-order valence-electron chi connectivity index (χ2n) is 5.71. The Balaban J connectivity index is 2.41. The van der Waals surface area contributed by atoms with Crippen molar-refractivity contribution in [3.8, 4) is 0 Å². The Morgan fingerprint density at radius 1 is 1.33 bits per heavy atom. The zero-order valence-electron chi connectivity index (χ0n) is 12.5. The van der Waals surface area contributed by atoms with Gasteiger partial charge in [0.05, 0.1) is 4.99 Å². The van der Waals surface area contributed by atoms with Crippen molar-refractivity contribution in [2.75, 3.05) is 20.1 Å². The zero-order chi connectivity index (χ0) is 15.5. The topological polar surface area (TPSA) is 46.3 Å². The lowest BCUT2D eigenvalue weighted by Gasteiger charge is -2.44. The van der Waals surface area contributed by atoms with Crippen LogP contribution in [0.4, 0.5) is 0 Å². The first-order valence-corrected chi connectivity index (χ1v) is 8.39. The van der Waals surface area contributed by atoms with Gasteiger partial charge in [0, 0.05) is 17.6 Å². The van der Waals surface area contributed by atoms with Crippen LogP contribution in [0.25, 0.3) is 0 Å². The Hall–Kier alpha value is -0.910. The molecule has 0 amide bonds. The Kier molecular flexibility index (Phi) is 5.41. The van der Waals surface area contributed by atoms with Gasteiger partial charge in [0.15, 0.2) is 5.12 Å². The van der Waals surface area contributed by atoms with Gasteiger partial charge in [-0.1, -0.05) is 54.3 Å². The number of nitrogens with zero attached hydrogens (tertiary/aromatic N) is 1. The molecule has 0 aliphatic carbocycles. The van der Waals surface area contributed by atoms with Crippen LogP contribution in [0.15, 0.2) is 30.3 Å². The summed E-state index contributed by atoms with van der Waals surface area (Å²) in [6.45, 7) is 3.56. The van der Waals surface area contributed by atoms with Crippen molar-refractivity contribution < 1.29 is 4.79 Å². The quantitative estimate of drug-likeness (QED) is 0.864. The lowest BCUT2D eigenvalue weighted by Crippen LogP contribution is -2.48. The molecule has 21 heavy (non-hydrogen) atoms. The van der Waals surface area contributed by atoms with Crippen molar-refractivity contribution in [1.82, 2.24) is 4.90 Å². The SMILES string of the molecule is CC(=O)SC1([C@H](C(N)=S)c2ccccc2)CCN(C)CC1. The largest absolute Gasteiger partial charge is 0.393 e. The van der Waals surface area contributed by atoms with Gasteiger partial charge < -0.3 is 10.6 Å². The van der Waals surface area contributed by atoms with Gasteiger partial charge >= 0.3 is 0 Å². The summed E-state index contributed by atoms with van der Waals surface area (Å²) >= 11 is 6.80. The Morgan fingerprint density at radius 3 is 2.38 bits per heavy atom. The van der Waals surface area contributed by atoms with Crippen LogP contribution in [0.1, 0.15) is 31.2 Å². The molecule has 1 heterocycles. The van der Waals surface area contributed by atoms with Crippen molar-refractivity contribution in [1.29, 1.82) is 0 Å². The number of hydrogen-bond acceptors (Lipinski definition) is 4. The normalized spacial score (nSPS) is 19.9. The van der Waals surface area contributed by atoms with Crippen molar-refractivity contribution in [2.45, 2.75) is 30.4 Å². The van der Waals surface area contributed by atoms with Gasteiger partial charge in [-0.3, -0.25) is 4.79 Å². The Bertz CT molecular complexity index is 510. The van der Waals surface area contributed by atoms with E-state index in [2.05, 4.69) is 24.1 Å². The number of benzene rings is 1. The zero-order valence-corrected chi connectivity index (χ0v) is 14.2. The van der Waals surface area contributed by atoms with Gasteiger partial charge in [0.2, 0.25) is 0 Å². The smallest absolute Gasteiger partial charge is 0.186 e. The molecule has 0 spiro atoms. The van der Waals surface area contributed by atoms with E-state index in [9.17, 15) is 4.79 Å². The maximum Gasteiger partial charge on any atom is 0.186 e. The third kappa shape index (κ3) is 3.84. The van der Waals surface area contributed by atoms with Crippen molar-refractivity contribution in [2.24, 2.45) is 5.73 Å². The van der Waals surface area contributed by atoms with Gasteiger partial charge in [0.1, 0.15) is 0 Å². The summed E-state index contributed by atoms with van der Waals surface area (Å²) in [4.78, 5) is 14.6. The van der Waals surface area contributed by atoms with E-state index < -0.39 is 0 Å². The molecule has 0 radical (unpaired) electrons. The van der Waals surface area contributed by atoms with Crippen LogP contribution < -0.4 is 5.73 Å². The molecule has 1 saturated heterocycles. The van der Waals surface area contributed by atoms with Crippen molar-refractivity contribution >= 4 is 34.1 Å². The highest BCUT2D eigenvalue weighted by atomic mass is 32.2. The van der Waals surface area contributed by atoms with E-state index in [1.54, 1.807) is 6.92 Å². The number of thioether (sulfide) groups is 1. The van der Waals surface area contributed by atoms with Gasteiger partial charge in [-0.15, -0.1) is 0 Å². The third-order valence-electron chi connectivity index (χ3n) is 4.12. The van der Waals surface area contributed by atoms with Gasteiger partial charge in [-0.2, -0.15) is 0 Å². The monoisotopic (exact) mass is 322 g/mol. The number of nitrogens with two attached hydrogens (primary N) is 1. The second-order valence-corrected chi connectivity index (χ2v) is 7.77. The van der Waals surface area contributed by atoms with E-state index in [-0.39, 0.29) is 15.8 Å². The maximum atomic E-state index is 11.8. The molecular weight excluding hydrogens is 300 g/mol. The molecule has 0 aromatic heterocycles. The fraction of sp³-hybridized carbons (Fsp3) is 0.500. The predicted octanol–water partition coefficient (Wildman–Crippen LogP) is 2.80. The summed E-state index contributed by atoms with van der Waals surface area (Å²) in [5.41, 5.74) is 7.20. The van der Waals surface area contributed by atoms with E-state index in [1.165, 1.54) is 11.8 Å². The van der Waals surface area contributed by atoms with Crippen LogP contribution in [0.2, 0.25) is 0 Å². The van der Waals surface area contributed by atoms with Crippen molar-refractivity contribution in [3.63, 3.8) is 0 Å². The van der Waals surface area contributed by atoms with Crippen LogP contribution >= 0.6 is 24.0 Å². The first-order chi connectivity index (χ1) is 9.94. The lowest BCUT2D eigenvalue weighted by atomic mass is 9.79. The standard InChI is InChI=1S/C16H22N2OS2/c1-12(19)21-16(8-10-18(2)11-9-16)14(15(17)20)13-6-4-3-5-7-13/h3-7,14H,8-11H2,1-2H3,(H2,17,20)/t14-/m0/s1. The number of rotatable bonds is 4. The van der Waals surface area contributed by atoms with Gasteiger partial charge in [-0.25, -0.2) is 0 Å². The number of hydrogen-bond donors (Lipinski definition) is 1. The molecule has 1 aliphatic rings. The number of piperidine rings is 1. The minimum Gasteiger partial charge on any atom is -0.393 e. The average Bonchev–Trinajstić information content (AvgIpc) is 2.42. The molecule has 1 aromatic rings. The van der Waals surface area contributed by atoms with Crippen molar-refractivity contribution in [3.05, 3.63) is 35.9 Å². The maximum absolute atomic E-state index is 11.8. The van der Waals surface area contributed by atoms with E-state index in [0.717, 1.165) is 31.5 Å². The summed E-state index contributed by atoms with van der Waals surface area (Å²) in [6.07, 6.45) is 1.84. The highest BCUT2D eigenvalue weighted by Crippen LogP contribution is 2.47. The number of carbonyl (C=O) groups is 1. The molecule has 5 heteroatoms.